The van der Waals surface area contributed by atoms with Gasteiger partial charge in [0.05, 0.1) is 6.54 Å². The van der Waals surface area contributed by atoms with Crippen LogP contribution in [0.15, 0.2) is 4.99 Å². The molecule has 2 rings (SSSR count). The third-order valence-electron chi connectivity index (χ3n) is 4.62. The topological polar surface area (TPSA) is 42.9 Å². The molecule has 2 fully saturated rings. The van der Waals surface area contributed by atoms with Crippen LogP contribution in [0.25, 0.3) is 0 Å². The SMILES string of the molecule is CN=C(NCC(C)N(C)C1CC1)NC1CCN(CC(F)(F)F)C1.I. The number of nitrogens with zero attached hydrogens (tertiary/aromatic N) is 3. The van der Waals surface area contributed by atoms with E-state index in [0.717, 1.165) is 6.54 Å². The highest BCUT2D eigenvalue weighted by Crippen LogP contribution is 2.26. The first kappa shape index (κ1) is 21.8. The van der Waals surface area contributed by atoms with Crippen LogP contribution < -0.4 is 10.6 Å². The van der Waals surface area contributed by atoms with Crippen LogP contribution in [0.4, 0.5) is 13.2 Å². The predicted molar refractivity (Wildman–Crippen MR) is 101 cm³/mol. The van der Waals surface area contributed by atoms with Crippen molar-refractivity contribution in [3.63, 3.8) is 0 Å². The van der Waals surface area contributed by atoms with Crippen LogP contribution in [0.3, 0.4) is 0 Å². The average molecular weight is 463 g/mol. The number of hydrogen-bond donors (Lipinski definition) is 2. The molecule has 0 bridgehead atoms. The third kappa shape index (κ3) is 7.30. The molecular formula is C15H29F3IN5. The summed E-state index contributed by atoms with van der Waals surface area (Å²) in [6.45, 7) is 2.97. The molecule has 5 nitrogen and oxygen atoms in total. The van der Waals surface area contributed by atoms with Gasteiger partial charge in [0, 0.05) is 44.8 Å². The van der Waals surface area contributed by atoms with Crippen LogP contribution >= 0.6 is 24.0 Å². The van der Waals surface area contributed by atoms with Gasteiger partial charge in [-0.25, -0.2) is 0 Å². The first-order valence-corrected chi connectivity index (χ1v) is 8.26. The Morgan fingerprint density at radius 1 is 1.33 bits per heavy atom. The Morgan fingerprint density at radius 3 is 2.54 bits per heavy atom. The van der Waals surface area contributed by atoms with Crippen LogP contribution in [-0.4, -0.2) is 80.3 Å². The lowest BCUT2D eigenvalue weighted by Gasteiger charge is -2.26. The molecule has 9 heteroatoms. The molecule has 2 unspecified atom stereocenters. The molecule has 2 aliphatic rings. The van der Waals surface area contributed by atoms with E-state index >= 15 is 0 Å². The second-order valence-corrected chi connectivity index (χ2v) is 6.68. The standard InChI is InChI=1S/C15H28F3N5.HI/c1-11(22(3)13-4-5-13)8-20-14(19-2)21-12-6-7-23(9-12)10-15(16,17)18;/h11-13H,4-10H2,1-3H3,(H2,19,20,21);1H. The van der Waals surface area contributed by atoms with Gasteiger partial charge in [-0.1, -0.05) is 0 Å². The van der Waals surface area contributed by atoms with Crippen LogP contribution in [-0.2, 0) is 0 Å². The molecule has 2 N–H and O–H groups in total. The van der Waals surface area contributed by atoms with Crippen molar-refractivity contribution >= 4 is 29.9 Å². The lowest BCUT2D eigenvalue weighted by molar-refractivity contribution is -0.143. The molecule has 1 aliphatic carbocycles. The van der Waals surface area contributed by atoms with E-state index < -0.39 is 12.7 Å². The Balaban J connectivity index is 0.00000288. The second kappa shape index (κ2) is 9.42. The molecule has 0 radical (unpaired) electrons. The Bertz CT molecular complexity index is 414. The first-order chi connectivity index (χ1) is 10.8. The van der Waals surface area contributed by atoms with Gasteiger partial charge in [-0.3, -0.25) is 14.8 Å². The monoisotopic (exact) mass is 463 g/mol. The van der Waals surface area contributed by atoms with E-state index in [9.17, 15) is 13.2 Å². The number of rotatable bonds is 6. The normalized spacial score (nSPS) is 24.0. The summed E-state index contributed by atoms with van der Waals surface area (Å²) in [5, 5.41) is 6.51. The zero-order valence-corrected chi connectivity index (χ0v) is 16.9. The molecule has 0 amide bonds. The largest absolute Gasteiger partial charge is 0.401 e. The molecule has 0 aromatic rings. The van der Waals surface area contributed by atoms with Crippen molar-refractivity contribution in [2.75, 3.05) is 40.3 Å². The highest BCUT2D eigenvalue weighted by molar-refractivity contribution is 14.0. The van der Waals surface area contributed by atoms with Gasteiger partial charge in [0.2, 0.25) is 0 Å². The van der Waals surface area contributed by atoms with Crippen LogP contribution in [0, 0.1) is 0 Å². The van der Waals surface area contributed by atoms with Crippen molar-refractivity contribution in [2.24, 2.45) is 4.99 Å². The van der Waals surface area contributed by atoms with Gasteiger partial charge in [0.15, 0.2) is 5.96 Å². The molecule has 1 aliphatic heterocycles. The number of likely N-dealkylation sites (N-methyl/N-ethyl adjacent to an activating group) is 1. The van der Waals surface area contributed by atoms with E-state index in [1.54, 1.807) is 7.05 Å². The van der Waals surface area contributed by atoms with E-state index in [1.807, 2.05) is 0 Å². The molecule has 142 valence electrons. The molecule has 0 aromatic heterocycles. The van der Waals surface area contributed by atoms with Crippen molar-refractivity contribution < 1.29 is 13.2 Å². The highest BCUT2D eigenvalue weighted by Gasteiger charge is 2.34. The fourth-order valence-electron chi connectivity index (χ4n) is 2.97. The summed E-state index contributed by atoms with van der Waals surface area (Å²) in [5.41, 5.74) is 0. The minimum atomic E-state index is -4.13. The number of hydrogen-bond acceptors (Lipinski definition) is 3. The van der Waals surface area contributed by atoms with Crippen molar-refractivity contribution in [2.45, 2.75) is 50.5 Å². The second-order valence-electron chi connectivity index (χ2n) is 6.68. The molecular weight excluding hydrogens is 434 g/mol. The van der Waals surface area contributed by atoms with Gasteiger partial charge < -0.3 is 10.6 Å². The number of alkyl halides is 3. The maximum Gasteiger partial charge on any atom is 0.401 e. The quantitative estimate of drug-likeness (QED) is 0.359. The Kier molecular flexibility index (Phi) is 8.54. The van der Waals surface area contributed by atoms with Gasteiger partial charge in [-0.05, 0) is 33.2 Å². The zero-order valence-electron chi connectivity index (χ0n) is 14.6. The summed E-state index contributed by atoms with van der Waals surface area (Å²) in [7, 11) is 3.82. The van der Waals surface area contributed by atoms with Crippen molar-refractivity contribution in [3.05, 3.63) is 0 Å². The lowest BCUT2D eigenvalue weighted by atomic mass is 10.2. The summed E-state index contributed by atoms with van der Waals surface area (Å²) in [4.78, 5) is 7.98. The zero-order chi connectivity index (χ0) is 17.0. The van der Waals surface area contributed by atoms with Gasteiger partial charge in [0.25, 0.3) is 0 Å². The van der Waals surface area contributed by atoms with Gasteiger partial charge >= 0.3 is 6.18 Å². The maximum absolute atomic E-state index is 12.4. The number of halogens is 4. The summed E-state index contributed by atoms with van der Waals surface area (Å²) in [6.07, 6.45) is -0.887. The first-order valence-electron chi connectivity index (χ1n) is 8.26. The summed E-state index contributed by atoms with van der Waals surface area (Å²) in [5.74, 6) is 0.667. The lowest BCUT2D eigenvalue weighted by Crippen LogP contribution is -2.49. The van der Waals surface area contributed by atoms with E-state index in [4.69, 9.17) is 0 Å². The summed E-state index contributed by atoms with van der Waals surface area (Å²) < 4.78 is 37.2. The van der Waals surface area contributed by atoms with E-state index in [1.165, 1.54) is 17.7 Å². The Morgan fingerprint density at radius 2 is 2.00 bits per heavy atom. The molecule has 1 heterocycles. The van der Waals surface area contributed by atoms with E-state index in [0.29, 0.717) is 37.6 Å². The fourth-order valence-corrected chi connectivity index (χ4v) is 2.97. The molecule has 1 saturated carbocycles. The maximum atomic E-state index is 12.4. The number of nitrogens with one attached hydrogen (secondary N) is 2. The summed E-state index contributed by atoms with van der Waals surface area (Å²) in [6, 6.07) is 1.11. The van der Waals surface area contributed by atoms with Crippen molar-refractivity contribution in [1.82, 2.24) is 20.4 Å². The van der Waals surface area contributed by atoms with E-state index in [2.05, 4.69) is 34.5 Å². The van der Waals surface area contributed by atoms with Crippen LogP contribution in [0.2, 0.25) is 0 Å². The van der Waals surface area contributed by atoms with Gasteiger partial charge in [-0.15, -0.1) is 24.0 Å². The molecule has 24 heavy (non-hydrogen) atoms. The number of likely N-dealkylation sites (tertiary alicyclic amines) is 1. The Labute approximate surface area is 159 Å². The molecule has 0 aromatic carbocycles. The van der Waals surface area contributed by atoms with Crippen LogP contribution in [0.1, 0.15) is 26.2 Å². The predicted octanol–water partition coefficient (Wildman–Crippen LogP) is 1.89. The average Bonchev–Trinajstić information content (AvgIpc) is 3.23. The minimum absolute atomic E-state index is 0. The van der Waals surface area contributed by atoms with E-state index in [-0.39, 0.29) is 30.0 Å². The third-order valence-corrected chi connectivity index (χ3v) is 4.62. The Hall–Kier alpha value is -0.290. The van der Waals surface area contributed by atoms with Gasteiger partial charge in [0.1, 0.15) is 0 Å². The van der Waals surface area contributed by atoms with Gasteiger partial charge in [-0.2, -0.15) is 13.2 Å². The number of guanidine groups is 1. The minimum Gasteiger partial charge on any atom is -0.355 e. The highest BCUT2D eigenvalue weighted by atomic mass is 127. The number of aliphatic imine (C=N–C) groups is 1. The molecule has 0 spiro atoms. The van der Waals surface area contributed by atoms with Crippen LogP contribution in [0.5, 0.6) is 0 Å². The molecule has 1 saturated heterocycles. The smallest absolute Gasteiger partial charge is 0.355 e. The van der Waals surface area contributed by atoms with Crippen molar-refractivity contribution in [3.8, 4) is 0 Å². The summed E-state index contributed by atoms with van der Waals surface area (Å²) >= 11 is 0. The van der Waals surface area contributed by atoms with Crippen molar-refractivity contribution in [1.29, 1.82) is 0 Å². The fraction of sp³-hybridized carbons (Fsp3) is 0.933. The molecule has 2 atom stereocenters.